The lowest BCUT2D eigenvalue weighted by atomic mass is 10.2. The van der Waals surface area contributed by atoms with Gasteiger partial charge in [0, 0.05) is 17.9 Å². The molecule has 2 aromatic rings. The second kappa shape index (κ2) is 7.99. The molecule has 0 aromatic heterocycles. The van der Waals surface area contributed by atoms with E-state index in [1.54, 1.807) is 24.3 Å². The van der Waals surface area contributed by atoms with E-state index in [9.17, 15) is 18.5 Å². The van der Waals surface area contributed by atoms with Gasteiger partial charge >= 0.3 is 10.1 Å². The Hall–Kier alpha value is -2.59. The van der Waals surface area contributed by atoms with Crippen molar-refractivity contribution in [3.63, 3.8) is 0 Å². The molecule has 0 saturated heterocycles. The maximum Gasteiger partial charge on any atom is 0.313 e. The fraction of sp³-hybridized carbons (Fsp3) is 0.133. The van der Waals surface area contributed by atoms with Crippen molar-refractivity contribution in [1.82, 2.24) is 0 Å². The second-order valence-electron chi connectivity index (χ2n) is 5.01. The number of nitrogens with one attached hydrogen (secondary N) is 1. The Balaban J connectivity index is 2.00. The van der Waals surface area contributed by atoms with Crippen molar-refractivity contribution < 1.29 is 17.5 Å². The molecule has 0 heterocycles. The summed E-state index contributed by atoms with van der Waals surface area (Å²) in [5.41, 5.74) is 6.57. The lowest BCUT2D eigenvalue weighted by Gasteiger charge is -2.07. The van der Waals surface area contributed by atoms with Gasteiger partial charge < -0.3 is 9.92 Å². The van der Waals surface area contributed by atoms with Crippen molar-refractivity contribution in [3.8, 4) is 5.75 Å². The fourth-order valence-corrected chi connectivity index (χ4v) is 3.47. The number of nitro benzene ring substituents is 1. The van der Waals surface area contributed by atoms with E-state index in [2.05, 4.69) is 0 Å². The Kier molecular flexibility index (Phi) is 5.99. The lowest BCUT2D eigenvalue weighted by Crippen LogP contribution is -2.12. The summed E-state index contributed by atoms with van der Waals surface area (Å²) in [6, 6.07) is 11.6. The smallest absolute Gasteiger partial charge is 0.313 e. The largest absolute Gasteiger partial charge is 0.382 e. The summed E-state index contributed by atoms with van der Waals surface area (Å²) in [6.45, 7) is 0. The van der Waals surface area contributed by atoms with Crippen LogP contribution in [-0.2, 0) is 21.6 Å². The summed E-state index contributed by atoms with van der Waals surface area (Å²) in [7, 11) is -3.89. The minimum atomic E-state index is -3.89. The number of benzene rings is 2. The molecule has 8 nitrogen and oxygen atoms in total. The average molecular weight is 381 g/mol. The summed E-state index contributed by atoms with van der Waals surface area (Å²) < 4.78 is 29.1. The van der Waals surface area contributed by atoms with E-state index in [0.717, 1.165) is 5.56 Å². The Morgan fingerprint density at radius 3 is 2.20 bits per heavy atom. The van der Waals surface area contributed by atoms with Gasteiger partial charge in [-0.3, -0.25) is 15.5 Å². The molecule has 0 spiro atoms. The first-order valence-electron chi connectivity index (χ1n) is 6.96. The molecule has 132 valence electrons. The summed E-state index contributed by atoms with van der Waals surface area (Å²) in [5, 5.41) is 17.7. The number of non-ortho nitro benzene ring substituents is 1. The third-order valence-corrected chi connectivity index (χ3v) is 4.95. The number of hydrogen-bond donors (Lipinski definition) is 2. The molecule has 0 aliphatic heterocycles. The summed E-state index contributed by atoms with van der Waals surface area (Å²) in [5.74, 6) is 0.214. The van der Waals surface area contributed by atoms with Crippen molar-refractivity contribution in [3.05, 3.63) is 69.8 Å². The van der Waals surface area contributed by atoms with Crippen LogP contribution in [-0.4, -0.2) is 18.5 Å². The van der Waals surface area contributed by atoms with Gasteiger partial charge in [-0.15, -0.1) is 0 Å². The molecule has 0 radical (unpaired) electrons. The normalized spacial score (nSPS) is 11.0. The highest BCUT2D eigenvalue weighted by Gasteiger charge is 2.15. The summed E-state index contributed by atoms with van der Waals surface area (Å²) in [6.07, 6.45) is 0. The van der Waals surface area contributed by atoms with Gasteiger partial charge in [0.2, 0.25) is 0 Å². The maximum absolute atomic E-state index is 12.1. The van der Waals surface area contributed by atoms with Gasteiger partial charge in [0.15, 0.2) is 5.17 Å². The molecule has 3 N–H and O–H groups in total. The van der Waals surface area contributed by atoms with E-state index >= 15 is 0 Å². The maximum atomic E-state index is 12.1. The molecule has 2 aromatic carbocycles. The lowest BCUT2D eigenvalue weighted by molar-refractivity contribution is -0.384. The zero-order chi connectivity index (χ0) is 18.4. The molecule has 25 heavy (non-hydrogen) atoms. The van der Waals surface area contributed by atoms with Crippen LogP contribution in [0.4, 0.5) is 5.69 Å². The van der Waals surface area contributed by atoms with Crippen LogP contribution in [0.3, 0.4) is 0 Å². The number of rotatable bonds is 7. The minimum absolute atomic E-state index is 0.0140. The van der Waals surface area contributed by atoms with Gasteiger partial charge in [0.05, 0.1) is 4.92 Å². The van der Waals surface area contributed by atoms with Crippen molar-refractivity contribution in [2.75, 3.05) is 0 Å². The van der Waals surface area contributed by atoms with E-state index in [1.807, 2.05) is 0 Å². The molecule has 0 aliphatic carbocycles. The van der Waals surface area contributed by atoms with Gasteiger partial charge in [-0.25, -0.2) is 0 Å². The average Bonchev–Trinajstić information content (AvgIpc) is 2.54. The SMILES string of the molecule is N=C(N)SCc1ccc(CS(=O)(=O)Oc2ccc([N+](=O)[O-])cc2)cc1. The molecule has 0 amide bonds. The third-order valence-electron chi connectivity index (χ3n) is 3.03. The second-order valence-corrected chi connectivity index (χ2v) is 7.59. The van der Waals surface area contributed by atoms with Crippen molar-refractivity contribution in [2.24, 2.45) is 5.73 Å². The molecular weight excluding hydrogens is 366 g/mol. The van der Waals surface area contributed by atoms with E-state index < -0.39 is 15.0 Å². The number of amidine groups is 1. The van der Waals surface area contributed by atoms with Crippen molar-refractivity contribution >= 4 is 32.7 Å². The first-order chi connectivity index (χ1) is 11.7. The van der Waals surface area contributed by atoms with Crippen molar-refractivity contribution in [2.45, 2.75) is 11.5 Å². The van der Waals surface area contributed by atoms with Crippen molar-refractivity contribution in [1.29, 1.82) is 5.41 Å². The zero-order valence-electron chi connectivity index (χ0n) is 12.9. The summed E-state index contributed by atoms with van der Waals surface area (Å²) >= 11 is 1.18. The number of nitro groups is 1. The highest BCUT2D eigenvalue weighted by Crippen LogP contribution is 2.20. The topological polar surface area (TPSA) is 136 Å². The van der Waals surface area contributed by atoms with E-state index in [4.69, 9.17) is 15.3 Å². The number of nitrogens with two attached hydrogens (primary N) is 1. The van der Waals surface area contributed by atoms with Crippen LogP contribution in [0.25, 0.3) is 0 Å². The van der Waals surface area contributed by atoms with Crippen LogP contribution in [0, 0.1) is 15.5 Å². The molecule has 0 unspecified atom stereocenters. The van der Waals surface area contributed by atoms with Crippen LogP contribution in [0.2, 0.25) is 0 Å². The van der Waals surface area contributed by atoms with Crippen LogP contribution in [0.1, 0.15) is 11.1 Å². The predicted molar refractivity (Wildman–Crippen MR) is 96.0 cm³/mol. The first kappa shape index (κ1) is 18.7. The van der Waals surface area contributed by atoms with E-state index in [-0.39, 0.29) is 22.4 Å². The van der Waals surface area contributed by atoms with Crippen LogP contribution in [0.5, 0.6) is 5.75 Å². The van der Waals surface area contributed by atoms with Gasteiger partial charge in [0.25, 0.3) is 5.69 Å². The Labute approximate surface area is 148 Å². The molecule has 10 heteroatoms. The number of nitrogens with zero attached hydrogens (tertiary/aromatic N) is 1. The summed E-state index contributed by atoms with van der Waals surface area (Å²) in [4.78, 5) is 10.00. The van der Waals surface area contributed by atoms with Crippen LogP contribution >= 0.6 is 11.8 Å². The number of thioether (sulfide) groups is 1. The Bertz CT molecular complexity index is 865. The van der Waals surface area contributed by atoms with E-state index in [0.29, 0.717) is 11.3 Å². The molecule has 0 atom stereocenters. The quantitative estimate of drug-likeness (QED) is 0.247. The zero-order valence-corrected chi connectivity index (χ0v) is 14.5. The highest BCUT2D eigenvalue weighted by atomic mass is 32.2. The molecule has 0 bridgehead atoms. The van der Waals surface area contributed by atoms with Gasteiger partial charge in [0.1, 0.15) is 11.5 Å². The van der Waals surface area contributed by atoms with Gasteiger partial charge in [-0.2, -0.15) is 8.42 Å². The molecular formula is C15H15N3O5S2. The van der Waals surface area contributed by atoms with Gasteiger partial charge in [-0.05, 0) is 23.3 Å². The Morgan fingerprint density at radius 2 is 1.68 bits per heavy atom. The monoisotopic (exact) mass is 381 g/mol. The van der Waals surface area contributed by atoms with Crippen LogP contribution < -0.4 is 9.92 Å². The number of hydrogen-bond acceptors (Lipinski definition) is 7. The third kappa shape index (κ3) is 6.08. The molecule has 0 saturated carbocycles. The first-order valence-corrected chi connectivity index (χ1v) is 9.53. The van der Waals surface area contributed by atoms with Crippen LogP contribution in [0.15, 0.2) is 48.5 Å². The fourth-order valence-electron chi connectivity index (χ4n) is 1.90. The standard InChI is InChI=1S/C15H15N3O5S2/c16-15(17)24-9-11-1-3-12(4-2-11)10-25(21,22)23-14-7-5-13(6-8-14)18(19)20/h1-8H,9-10H2,(H3,16,17). The predicted octanol–water partition coefficient (Wildman–Crippen LogP) is 2.63. The van der Waals surface area contributed by atoms with Gasteiger partial charge in [-0.1, -0.05) is 36.0 Å². The van der Waals surface area contributed by atoms with E-state index in [1.165, 1.54) is 36.0 Å². The molecule has 2 rings (SSSR count). The highest BCUT2D eigenvalue weighted by molar-refractivity contribution is 8.13. The molecule has 0 fully saturated rings. The molecule has 0 aliphatic rings. The Morgan fingerprint density at radius 1 is 1.12 bits per heavy atom. The minimum Gasteiger partial charge on any atom is -0.382 e.